The predicted octanol–water partition coefficient (Wildman–Crippen LogP) is -0.448. The van der Waals surface area contributed by atoms with E-state index in [1.54, 1.807) is 14.0 Å². The molecule has 19 heavy (non-hydrogen) atoms. The average Bonchev–Trinajstić information content (AvgIpc) is 2.71. The molecule has 1 fully saturated rings. The van der Waals surface area contributed by atoms with Gasteiger partial charge in [0.05, 0.1) is 17.5 Å². The summed E-state index contributed by atoms with van der Waals surface area (Å²) >= 11 is 0. The number of methoxy groups -OCH3 is 1. The van der Waals surface area contributed by atoms with E-state index in [4.69, 9.17) is 4.74 Å². The van der Waals surface area contributed by atoms with Crippen molar-refractivity contribution in [3.05, 3.63) is 0 Å². The average molecular weight is 292 g/mol. The second kappa shape index (κ2) is 7.81. The first-order chi connectivity index (χ1) is 8.94. The zero-order valence-corrected chi connectivity index (χ0v) is 12.5. The quantitative estimate of drug-likeness (QED) is 0.592. The van der Waals surface area contributed by atoms with Gasteiger partial charge in [0.2, 0.25) is 5.91 Å². The molecule has 112 valence electrons. The van der Waals surface area contributed by atoms with Crippen LogP contribution >= 0.6 is 0 Å². The molecule has 1 rings (SSSR count). The number of carbonyl (C=O) groups is 1. The minimum absolute atomic E-state index is 0.0584. The number of amides is 1. The van der Waals surface area contributed by atoms with Crippen molar-refractivity contribution in [2.45, 2.75) is 25.8 Å². The molecule has 2 atom stereocenters. The Kier molecular flexibility index (Phi) is 6.74. The molecule has 0 aromatic carbocycles. The molecule has 1 aliphatic rings. The van der Waals surface area contributed by atoms with E-state index in [0.717, 1.165) is 6.42 Å². The Balaban J connectivity index is 2.16. The number of ether oxygens (including phenoxy) is 1. The summed E-state index contributed by atoms with van der Waals surface area (Å²) in [6, 6.07) is -0.300. The molecule has 0 bridgehead atoms. The zero-order chi connectivity index (χ0) is 14.3. The summed E-state index contributed by atoms with van der Waals surface area (Å²) in [5.41, 5.74) is 0. The van der Waals surface area contributed by atoms with Gasteiger partial charge in [0.25, 0.3) is 0 Å². The van der Waals surface area contributed by atoms with Gasteiger partial charge in [-0.1, -0.05) is 0 Å². The highest BCUT2D eigenvalue weighted by molar-refractivity contribution is 7.91. The zero-order valence-electron chi connectivity index (χ0n) is 11.6. The first-order valence-corrected chi connectivity index (χ1v) is 8.47. The van der Waals surface area contributed by atoms with E-state index in [1.807, 2.05) is 0 Å². The van der Waals surface area contributed by atoms with Crippen LogP contribution in [0.5, 0.6) is 0 Å². The SMILES string of the molecule is COCCCNC(=O)C(C)NCC1CCS(=O)(=O)C1. The minimum atomic E-state index is -2.84. The summed E-state index contributed by atoms with van der Waals surface area (Å²) in [5, 5.41) is 5.90. The summed E-state index contributed by atoms with van der Waals surface area (Å²) in [4.78, 5) is 11.7. The summed E-state index contributed by atoms with van der Waals surface area (Å²) in [6.07, 6.45) is 1.48. The highest BCUT2D eigenvalue weighted by Gasteiger charge is 2.28. The van der Waals surface area contributed by atoms with Crippen molar-refractivity contribution < 1.29 is 17.9 Å². The van der Waals surface area contributed by atoms with Crippen LogP contribution in [-0.2, 0) is 19.4 Å². The summed E-state index contributed by atoms with van der Waals surface area (Å²) in [7, 11) is -1.21. The highest BCUT2D eigenvalue weighted by Crippen LogP contribution is 2.17. The Hall–Kier alpha value is -0.660. The lowest BCUT2D eigenvalue weighted by atomic mass is 10.1. The first kappa shape index (κ1) is 16.4. The van der Waals surface area contributed by atoms with Crippen LogP contribution in [0.3, 0.4) is 0 Å². The Bertz CT molecular complexity index is 383. The van der Waals surface area contributed by atoms with Crippen molar-refractivity contribution in [1.82, 2.24) is 10.6 Å². The van der Waals surface area contributed by atoms with E-state index >= 15 is 0 Å². The van der Waals surface area contributed by atoms with Gasteiger partial charge in [-0.05, 0) is 32.2 Å². The van der Waals surface area contributed by atoms with E-state index in [-0.39, 0.29) is 29.4 Å². The number of sulfone groups is 1. The molecule has 1 saturated heterocycles. The number of carbonyl (C=O) groups excluding carboxylic acids is 1. The smallest absolute Gasteiger partial charge is 0.236 e. The van der Waals surface area contributed by atoms with Crippen molar-refractivity contribution in [1.29, 1.82) is 0 Å². The lowest BCUT2D eigenvalue weighted by Crippen LogP contribution is -2.44. The third-order valence-corrected chi connectivity index (χ3v) is 5.09. The van der Waals surface area contributed by atoms with Crippen molar-refractivity contribution in [3.63, 3.8) is 0 Å². The Labute approximate surface area is 115 Å². The molecule has 0 saturated carbocycles. The van der Waals surface area contributed by atoms with Gasteiger partial charge < -0.3 is 15.4 Å². The van der Waals surface area contributed by atoms with Gasteiger partial charge in [0.1, 0.15) is 0 Å². The first-order valence-electron chi connectivity index (χ1n) is 6.65. The van der Waals surface area contributed by atoms with Gasteiger partial charge in [-0.15, -0.1) is 0 Å². The van der Waals surface area contributed by atoms with Gasteiger partial charge >= 0.3 is 0 Å². The number of hydrogen-bond acceptors (Lipinski definition) is 5. The Morgan fingerprint density at radius 2 is 2.21 bits per heavy atom. The van der Waals surface area contributed by atoms with Gasteiger partial charge in [-0.3, -0.25) is 4.79 Å². The maximum absolute atomic E-state index is 11.7. The van der Waals surface area contributed by atoms with Crippen LogP contribution < -0.4 is 10.6 Å². The molecule has 7 heteroatoms. The van der Waals surface area contributed by atoms with Crippen LogP contribution in [0.15, 0.2) is 0 Å². The summed E-state index contributed by atoms with van der Waals surface area (Å²) in [6.45, 7) is 3.58. The van der Waals surface area contributed by atoms with Gasteiger partial charge in [0, 0.05) is 20.3 Å². The fourth-order valence-corrected chi connectivity index (χ4v) is 3.91. The third-order valence-electron chi connectivity index (χ3n) is 3.26. The van der Waals surface area contributed by atoms with Crippen molar-refractivity contribution in [2.75, 3.05) is 38.3 Å². The molecule has 1 aliphatic heterocycles. The van der Waals surface area contributed by atoms with E-state index in [9.17, 15) is 13.2 Å². The van der Waals surface area contributed by atoms with E-state index < -0.39 is 9.84 Å². The maximum atomic E-state index is 11.7. The summed E-state index contributed by atoms with van der Waals surface area (Å²) < 4.78 is 27.5. The molecule has 2 unspecified atom stereocenters. The van der Waals surface area contributed by atoms with Gasteiger partial charge in [-0.2, -0.15) is 0 Å². The van der Waals surface area contributed by atoms with Crippen LogP contribution in [0.2, 0.25) is 0 Å². The molecule has 0 aromatic rings. The third kappa shape index (κ3) is 6.35. The molecule has 0 aliphatic carbocycles. The molecular weight excluding hydrogens is 268 g/mol. The van der Waals surface area contributed by atoms with Crippen molar-refractivity contribution in [3.8, 4) is 0 Å². The van der Waals surface area contributed by atoms with Gasteiger partial charge in [0.15, 0.2) is 9.84 Å². The number of hydrogen-bond donors (Lipinski definition) is 2. The molecule has 0 aromatic heterocycles. The second-order valence-electron chi connectivity index (χ2n) is 5.04. The summed E-state index contributed by atoms with van der Waals surface area (Å²) in [5.74, 6) is 0.588. The van der Waals surface area contributed by atoms with Crippen molar-refractivity contribution >= 4 is 15.7 Å². The highest BCUT2D eigenvalue weighted by atomic mass is 32.2. The van der Waals surface area contributed by atoms with E-state index in [0.29, 0.717) is 26.1 Å². The molecule has 0 radical (unpaired) electrons. The topological polar surface area (TPSA) is 84.5 Å². The molecular formula is C12H24N2O4S. The van der Waals surface area contributed by atoms with Crippen LogP contribution in [0.1, 0.15) is 19.8 Å². The molecule has 1 heterocycles. The number of nitrogens with one attached hydrogen (secondary N) is 2. The fraction of sp³-hybridized carbons (Fsp3) is 0.917. The normalized spacial score (nSPS) is 23.2. The molecule has 6 nitrogen and oxygen atoms in total. The Morgan fingerprint density at radius 3 is 2.79 bits per heavy atom. The lowest BCUT2D eigenvalue weighted by Gasteiger charge is -2.16. The maximum Gasteiger partial charge on any atom is 0.236 e. The molecule has 1 amide bonds. The molecule has 0 spiro atoms. The van der Waals surface area contributed by atoms with E-state index in [1.165, 1.54) is 0 Å². The standard InChI is InChI=1S/C12H24N2O4S/c1-10(12(15)13-5-3-6-18-2)14-8-11-4-7-19(16,17)9-11/h10-11,14H,3-9H2,1-2H3,(H,13,15). The fourth-order valence-electron chi connectivity index (χ4n) is 2.05. The largest absolute Gasteiger partial charge is 0.385 e. The second-order valence-corrected chi connectivity index (χ2v) is 7.27. The predicted molar refractivity (Wildman–Crippen MR) is 73.7 cm³/mol. The van der Waals surface area contributed by atoms with Crippen LogP contribution in [-0.4, -0.2) is 58.7 Å². The van der Waals surface area contributed by atoms with E-state index in [2.05, 4.69) is 10.6 Å². The number of rotatable bonds is 8. The van der Waals surface area contributed by atoms with Crippen LogP contribution in [0.25, 0.3) is 0 Å². The van der Waals surface area contributed by atoms with Crippen LogP contribution in [0, 0.1) is 5.92 Å². The minimum Gasteiger partial charge on any atom is -0.385 e. The monoisotopic (exact) mass is 292 g/mol. The Morgan fingerprint density at radius 1 is 1.47 bits per heavy atom. The van der Waals surface area contributed by atoms with Crippen molar-refractivity contribution in [2.24, 2.45) is 5.92 Å². The van der Waals surface area contributed by atoms with Crippen LogP contribution in [0.4, 0.5) is 0 Å². The lowest BCUT2D eigenvalue weighted by molar-refractivity contribution is -0.122. The van der Waals surface area contributed by atoms with Gasteiger partial charge in [-0.25, -0.2) is 8.42 Å². The molecule has 2 N–H and O–H groups in total.